The van der Waals surface area contributed by atoms with Crippen LogP contribution >= 0.6 is 0 Å². The second-order valence-corrected chi connectivity index (χ2v) is 3.87. The molecule has 0 fully saturated rings. The number of nitrogens with zero attached hydrogens (tertiary/aromatic N) is 3. The molecule has 0 N–H and O–H groups in total. The monoisotopic (exact) mass is 215 g/mol. The van der Waals surface area contributed by atoms with Gasteiger partial charge in [-0.25, -0.2) is 0 Å². The van der Waals surface area contributed by atoms with E-state index in [1.807, 2.05) is 44.9 Å². The highest BCUT2D eigenvalue weighted by molar-refractivity contribution is 5.79. The van der Waals surface area contributed by atoms with Gasteiger partial charge in [-0.15, -0.1) is 0 Å². The van der Waals surface area contributed by atoms with Crippen molar-refractivity contribution in [2.75, 3.05) is 47.9 Å². The van der Waals surface area contributed by atoms with Crippen molar-refractivity contribution in [1.29, 1.82) is 0 Å². The summed E-state index contributed by atoms with van der Waals surface area (Å²) in [5.74, 6) is 1.02. The van der Waals surface area contributed by atoms with Gasteiger partial charge in [0, 0.05) is 47.9 Å². The van der Waals surface area contributed by atoms with Crippen LogP contribution in [0.15, 0.2) is 4.99 Å². The van der Waals surface area contributed by atoms with Gasteiger partial charge in [0.15, 0.2) is 5.96 Å². The number of unbranched alkanes of at least 4 members (excludes halogenated alkanes) is 1. The van der Waals surface area contributed by atoms with Gasteiger partial charge in [-0.2, -0.15) is 0 Å². The lowest BCUT2D eigenvalue weighted by molar-refractivity contribution is 0.144. The van der Waals surface area contributed by atoms with Gasteiger partial charge in [0.25, 0.3) is 0 Å². The molecule has 0 rings (SSSR count). The van der Waals surface area contributed by atoms with Crippen molar-refractivity contribution in [3.8, 4) is 0 Å². The Balaban J connectivity index is 3.71. The van der Waals surface area contributed by atoms with E-state index in [1.165, 1.54) is 0 Å². The average Bonchev–Trinajstić information content (AvgIpc) is 2.15. The minimum Gasteiger partial charge on any atom is -0.382 e. The van der Waals surface area contributed by atoms with E-state index in [-0.39, 0.29) is 0 Å². The number of hydrogen-bond donors (Lipinski definition) is 0. The topological polar surface area (TPSA) is 28.1 Å². The molecule has 0 saturated heterocycles. The summed E-state index contributed by atoms with van der Waals surface area (Å²) >= 11 is 0. The molecule has 0 aliphatic heterocycles. The summed E-state index contributed by atoms with van der Waals surface area (Å²) < 4.78 is 5.27. The molecule has 0 aromatic carbocycles. The predicted molar refractivity (Wildman–Crippen MR) is 65.4 cm³/mol. The fourth-order valence-electron chi connectivity index (χ4n) is 1.32. The maximum atomic E-state index is 5.27. The third-order valence-corrected chi connectivity index (χ3v) is 1.95. The molecular formula is C11H25N3O. The molecule has 0 heterocycles. The van der Waals surface area contributed by atoms with Gasteiger partial charge in [0.05, 0.1) is 0 Å². The van der Waals surface area contributed by atoms with Crippen molar-refractivity contribution >= 4 is 5.96 Å². The predicted octanol–water partition coefficient (Wildman–Crippen LogP) is 1.28. The summed E-state index contributed by atoms with van der Waals surface area (Å²) in [6.45, 7) is 4.56. The molecular weight excluding hydrogens is 190 g/mol. The Kier molecular flexibility index (Phi) is 8.09. The molecule has 0 radical (unpaired) electrons. The Morgan fingerprint density at radius 1 is 1.07 bits per heavy atom. The lowest BCUT2D eigenvalue weighted by Gasteiger charge is -2.22. The standard InChI is InChI=1S/C11H25N3O/c1-6-15-10-8-7-9-12-11(13(2)3)14(4)5/h6-10H2,1-5H3. The van der Waals surface area contributed by atoms with E-state index in [1.54, 1.807) is 0 Å². The molecule has 0 aliphatic carbocycles. The molecule has 0 saturated carbocycles. The van der Waals surface area contributed by atoms with Gasteiger partial charge in [-0.3, -0.25) is 4.99 Å². The molecule has 0 aliphatic rings. The summed E-state index contributed by atoms with van der Waals surface area (Å²) in [6.07, 6.45) is 2.18. The Hall–Kier alpha value is -0.770. The highest BCUT2D eigenvalue weighted by Crippen LogP contribution is 1.94. The highest BCUT2D eigenvalue weighted by atomic mass is 16.5. The SMILES string of the molecule is CCOCCCCN=C(N(C)C)N(C)C. The summed E-state index contributed by atoms with van der Waals surface area (Å²) in [7, 11) is 8.05. The molecule has 0 bridgehead atoms. The molecule has 0 unspecified atom stereocenters. The average molecular weight is 215 g/mol. The van der Waals surface area contributed by atoms with Crippen LogP contribution in [0.1, 0.15) is 19.8 Å². The lowest BCUT2D eigenvalue weighted by Crippen LogP contribution is -2.35. The lowest BCUT2D eigenvalue weighted by atomic mass is 10.3. The van der Waals surface area contributed by atoms with Crippen LogP contribution in [0.25, 0.3) is 0 Å². The van der Waals surface area contributed by atoms with Crippen molar-refractivity contribution < 1.29 is 4.74 Å². The zero-order chi connectivity index (χ0) is 11.7. The third kappa shape index (κ3) is 7.19. The normalized spacial score (nSPS) is 9.93. The highest BCUT2D eigenvalue weighted by Gasteiger charge is 2.02. The first-order valence-electron chi connectivity index (χ1n) is 5.56. The molecule has 4 heteroatoms. The van der Waals surface area contributed by atoms with Crippen molar-refractivity contribution in [1.82, 2.24) is 9.80 Å². The van der Waals surface area contributed by atoms with Crippen molar-refractivity contribution in [2.45, 2.75) is 19.8 Å². The van der Waals surface area contributed by atoms with Crippen LogP contribution in [-0.4, -0.2) is 63.7 Å². The second-order valence-electron chi connectivity index (χ2n) is 3.87. The summed E-state index contributed by atoms with van der Waals surface area (Å²) in [5.41, 5.74) is 0. The van der Waals surface area contributed by atoms with Gasteiger partial charge in [0.2, 0.25) is 0 Å². The van der Waals surface area contributed by atoms with Crippen molar-refractivity contribution in [3.05, 3.63) is 0 Å². The molecule has 4 nitrogen and oxygen atoms in total. The fraction of sp³-hybridized carbons (Fsp3) is 0.909. The fourth-order valence-corrected chi connectivity index (χ4v) is 1.32. The largest absolute Gasteiger partial charge is 0.382 e. The first kappa shape index (κ1) is 14.2. The Morgan fingerprint density at radius 2 is 1.67 bits per heavy atom. The minimum atomic E-state index is 0.809. The van der Waals surface area contributed by atoms with Crippen LogP contribution in [-0.2, 0) is 4.74 Å². The van der Waals surface area contributed by atoms with Crippen LogP contribution in [0, 0.1) is 0 Å². The van der Waals surface area contributed by atoms with Crippen LogP contribution in [0.5, 0.6) is 0 Å². The molecule has 0 amide bonds. The number of aliphatic imine (C=N–C) groups is 1. The van der Waals surface area contributed by atoms with Crippen molar-refractivity contribution in [2.24, 2.45) is 4.99 Å². The third-order valence-electron chi connectivity index (χ3n) is 1.95. The van der Waals surface area contributed by atoms with E-state index in [2.05, 4.69) is 4.99 Å². The number of guanidine groups is 1. The quantitative estimate of drug-likeness (QED) is 0.379. The first-order chi connectivity index (χ1) is 7.09. The van der Waals surface area contributed by atoms with Crippen LogP contribution in [0.3, 0.4) is 0 Å². The molecule has 90 valence electrons. The molecule has 0 aromatic heterocycles. The molecule has 0 atom stereocenters. The van der Waals surface area contributed by atoms with Gasteiger partial charge in [-0.05, 0) is 19.8 Å². The van der Waals surface area contributed by atoms with Gasteiger partial charge >= 0.3 is 0 Å². The van der Waals surface area contributed by atoms with Gasteiger partial charge in [0.1, 0.15) is 0 Å². The van der Waals surface area contributed by atoms with Crippen LogP contribution < -0.4 is 0 Å². The summed E-state index contributed by atoms with van der Waals surface area (Å²) in [5, 5.41) is 0. The first-order valence-corrected chi connectivity index (χ1v) is 5.56. The van der Waals surface area contributed by atoms with Crippen molar-refractivity contribution in [3.63, 3.8) is 0 Å². The zero-order valence-corrected chi connectivity index (χ0v) is 10.8. The number of rotatable bonds is 6. The number of hydrogen-bond acceptors (Lipinski definition) is 2. The molecule has 15 heavy (non-hydrogen) atoms. The second kappa shape index (κ2) is 8.53. The van der Waals surface area contributed by atoms with E-state index < -0.39 is 0 Å². The van der Waals surface area contributed by atoms with E-state index >= 15 is 0 Å². The molecule has 0 spiro atoms. The van der Waals surface area contributed by atoms with Crippen LogP contribution in [0.2, 0.25) is 0 Å². The maximum Gasteiger partial charge on any atom is 0.195 e. The van der Waals surface area contributed by atoms with Crippen LogP contribution in [0.4, 0.5) is 0 Å². The smallest absolute Gasteiger partial charge is 0.195 e. The number of ether oxygens (including phenoxy) is 1. The summed E-state index contributed by atoms with van der Waals surface area (Å²) in [4.78, 5) is 8.59. The van der Waals surface area contributed by atoms with Gasteiger partial charge in [-0.1, -0.05) is 0 Å². The zero-order valence-electron chi connectivity index (χ0n) is 10.8. The van der Waals surface area contributed by atoms with Gasteiger partial charge < -0.3 is 14.5 Å². The van der Waals surface area contributed by atoms with E-state index in [0.29, 0.717) is 0 Å². The van der Waals surface area contributed by atoms with E-state index in [0.717, 1.165) is 38.6 Å². The molecule has 0 aromatic rings. The van der Waals surface area contributed by atoms with E-state index in [4.69, 9.17) is 4.74 Å². The summed E-state index contributed by atoms with van der Waals surface area (Å²) in [6, 6.07) is 0. The Labute approximate surface area is 93.9 Å². The van der Waals surface area contributed by atoms with E-state index in [9.17, 15) is 0 Å². The Bertz CT molecular complexity index is 169. The maximum absolute atomic E-state index is 5.27. The Morgan fingerprint density at radius 3 is 2.13 bits per heavy atom. The minimum absolute atomic E-state index is 0.809.